The number of hydrogen-bond acceptors (Lipinski definition) is 1. The van der Waals surface area contributed by atoms with Crippen LogP contribution in [0.25, 0.3) is 0 Å². The van der Waals surface area contributed by atoms with Gasteiger partial charge in [0.15, 0.2) is 0 Å². The SMILES string of the molecule is CC1C(O)CC2(C(C)C)CC1C2. The first kappa shape index (κ1) is 8.55. The van der Waals surface area contributed by atoms with Gasteiger partial charge in [-0.1, -0.05) is 20.8 Å². The van der Waals surface area contributed by atoms with Crippen molar-refractivity contribution in [1.82, 2.24) is 0 Å². The summed E-state index contributed by atoms with van der Waals surface area (Å²) in [5.41, 5.74) is 0.524. The van der Waals surface area contributed by atoms with Crippen LogP contribution in [0.2, 0.25) is 0 Å². The van der Waals surface area contributed by atoms with Crippen molar-refractivity contribution >= 4 is 0 Å². The van der Waals surface area contributed by atoms with Gasteiger partial charge in [-0.25, -0.2) is 0 Å². The molecule has 2 bridgehead atoms. The first-order valence-corrected chi connectivity index (χ1v) is 5.23. The second-order valence-corrected chi connectivity index (χ2v) is 5.32. The molecular formula is C11H20O. The van der Waals surface area contributed by atoms with E-state index in [4.69, 9.17) is 0 Å². The Morgan fingerprint density at radius 1 is 1.25 bits per heavy atom. The predicted octanol–water partition coefficient (Wildman–Crippen LogP) is 2.44. The lowest BCUT2D eigenvalue weighted by Crippen LogP contribution is -2.54. The fourth-order valence-corrected chi connectivity index (χ4v) is 3.15. The molecule has 0 spiro atoms. The van der Waals surface area contributed by atoms with Gasteiger partial charge in [-0.05, 0) is 42.4 Å². The summed E-state index contributed by atoms with van der Waals surface area (Å²) in [5.74, 6) is 2.15. The Hall–Kier alpha value is -0.0400. The highest BCUT2D eigenvalue weighted by atomic mass is 16.3. The number of fused-ring (bicyclic) bond motifs is 2. The Morgan fingerprint density at radius 3 is 2.25 bits per heavy atom. The van der Waals surface area contributed by atoms with Gasteiger partial charge in [-0.2, -0.15) is 0 Å². The summed E-state index contributed by atoms with van der Waals surface area (Å²) in [4.78, 5) is 0. The van der Waals surface area contributed by atoms with Gasteiger partial charge in [0.2, 0.25) is 0 Å². The Morgan fingerprint density at radius 2 is 1.83 bits per heavy atom. The van der Waals surface area contributed by atoms with E-state index < -0.39 is 0 Å². The smallest absolute Gasteiger partial charge is 0.0573 e. The summed E-state index contributed by atoms with van der Waals surface area (Å²) in [5, 5.41) is 9.79. The molecule has 0 amide bonds. The van der Waals surface area contributed by atoms with Crippen LogP contribution in [0.1, 0.15) is 40.0 Å². The Kier molecular flexibility index (Phi) is 1.76. The van der Waals surface area contributed by atoms with E-state index in [-0.39, 0.29) is 6.10 Å². The molecular weight excluding hydrogens is 148 g/mol. The Balaban J connectivity index is 2.09. The summed E-state index contributed by atoms with van der Waals surface area (Å²) in [6.45, 7) is 6.82. The van der Waals surface area contributed by atoms with E-state index in [0.29, 0.717) is 11.3 Å². The van der Waals surface area contributed by atoms with Crippen LogP contribution in [0.4, 0.5) is 0 Å². The highest BCUT2D eigenvalue weighted by molar-refractivity contribution is 5.04. The molecule has 1 heteroatoms. The van der Waals surface area contributed by atoms with Crippen LogP contribution in [-0.4, -0.2) is 11.2 Å². The number of aliphatic hydroxyl groups excluding tert-OH is 1. The zero-order valence-electron chi connectivity index (χ0n) is 8.38. The molecule has 0 saturated heterocycles. The second-order valence-electron chi connectivity index (χ2n) is 5.32. The summed E-state index contributed by atoms with van der Waals surface area (Å²) >= 11 is 0. The minimum absolute atomic E-state index is 0.0140. The van der Waals surface area contributed by atoms with Crippen LogP contribution >= 0.6 is 0 Å². The highest BCUT2D eigenvalue weighted by Crippen LogP contribution is 2.61. The van der Waals surface area contributed by atoms with Crippen LogP contribution in [0.5, 0.6) is 0 Å². The molecule has 3 aliphatic rings. The molecule has 0 aliphatic heterocycles. The number of aliphatic hydroxyl groups is 1. The maximum absolute atomic E-state index is 9.79. The lowest BCUT2D eigenvalue weighted by atomic mass is 9.46. The van der Waals surface area contributed by atoms with Gasteiger partial charge in [0.05, 0.1) is 6.10 Å². The third-order valence-electron chi connectivity index (χ3n) is 4.53. The van der Waals surface area contributed by atoms with E-state index >= 15 is 0 Å². The molecule has 2 unspecified atom stereocenters. The molecule has 0 aromatic carbocycles. The van der Waals surface area contributed by atoms with Crippen molar-refractivity contribution in [3.8, 4) is 0 Å². The minimum atomic E-state index is -0.0140. The third-order valence-corrected chi connectivity index (χ3v) is 4.53. The molecule has 0 aromatic rings. The van der Waals surface area contributed by atoms with Crippen molar-refractivity contribution in [2.24, 2.45) is 23.2 Å². The average molecular weight is 168 g/mol. The minimum Gasteiger partial charge on any atom is -0.393 e. The molecule has 3 aliphatic carbocycles. The van der Waals surface area contributed by atoms with Crippen LogP contribution in [0.15, 0.2) is 0 Å². The topological polar surface area (TPSA) is 20.2 Å². The molecule has 3 saturated carbocycles. The van der Waals surface area contributed by atoms with Crippen molar-refractivity contribution in [2.75, 3.05) is 0 Å². The van der Waals surface area contributed by atoms with Crippen molar-refractivity contribution < 1.29 is 5.11 Å². The zero-order chi connectivity index (χ0) is 8.93. The van der Waals surface area contributed by atoms with Gasteiger partial charge in [-0.3, -0.25) is 0 Å². The van der Waals surface area contributed by atoms with Crippen molar-refractivity contribution in [2.45, 2.75) is 46.1 Å². The maximum atomic E-state index is 9.79. The predicted molar refractivity (Wildman–Crippen MR) is 49.8 cm³/mol. The maximum Gasteiger partial charge on any atom is 0.0573 e. The Bertz CT molecular complexity index is 177. The number of rotatable bonds is 1. The molecule has 1 N–H and O–H groups in total. The van der Waals surface area contributed by atoms with Crippen molar-refractivity contribution in [1.29, 1.82) is 0 Å². The lowest BCUT2D eigenvalue weighted by Gasteiger charge is -2.59. The molecule has 0 radical (unpaired) electrons. The van der Waals surface area contributed by atoms with Crippen LogP contribution in [0.3, 0.4) is 0 Å². The Labute approximate surface area is 75.2 Å². The van der Waals surface area contributed by atoms with E-state index in [2.05, 4.69) is 20.8 Å². The largest absolute Gasteiger partial charge is 0.393 e. The van der Waals surface area contributed by atoms with Crippen molar-refractivity contribution in [3.05, 3.63) is 0 Å². The third kappa shape index (κ3) is 0.953. The van der Waals surface area contributed by atoms with Crippen molar-refractivity contribution in [3.63, 3.8) is 0 Å². The van der Waals surface area contributed by atoms with Gasteiger partial charge in [-0.15, -0.1) is 0 Å². The van der Waals surface area contributed by atoms with E-state index in [9.17, 15) is 5.11 Å². The normalized spacial score (nSPS) is 52.2. The molecule has 3 fully saturated rings. The van der Waals surface area contributed by atoms with Gasteiger partial charge >= 0.3 is 0 Å². The molecule has 0 heterocycles. The monoisotopic (exact) mass is 168 g/mol. The molecule has 0 aromatic heterocycles. The van der Waals surface area contributed by atoms with E-state index in [1.165, 1.54) is 12.8 Å². The van der Waals surface area contributed by atoms with E-state index in [1.54, 1.807) is 0 Å². The summed E-state index contributed by atoms with van der Waals surface area (Å²) in [7, 11) is 0. The van der Waals surface area contributed by atoms with Gasteiger partial charge in [0.25, 0.3) is 0 Å². The van der Waals surface area contributed by atoms with Crippen LogP contribution in [-0.2, 0) is 0 Å². The first-order chi connectivity index (χ1) is 5.55. The van der Waals surface area contributed by atoms with Gasteiger partial charge in [0, 0.05) is 0 Å². The second kappa shape index (κ2) is 2.47. The fraction of sp³-hybridized carbons (Fsp3) is 1.00. The quantitative estimate of drug-likeness (QED) is 0.637. The van der Waals surface area contributed by atoms with Gasteiger partial charge in [0.1, 0.15) is 0 Å². The zero-order valence-corrected chi connectivity index (χ0v) is 8.38. The summed E-state index contributed by atoms with van der Waals surface area (Å²) in [6, 6.07) is 0. The van der Waals surface area contributed by atoms with Gasteiger partial charge < -0.3 is 5.11 Å². The van der Waals surface area contributed by atoms with Crippen LogP contribution < -0.4 is 0 Å². The molecule has 3 rings (SSSR count). The fourth-order valence-electron chi connectivity index (χ4n) is 3.15. The molecule has 12 heavy (non-hydrogen) atoms. The van der Waals surface area contributed by atoms with Crippen LogP contribution in [0, 0.1) is 23.2 Å². The summed E-state index contributed by atoms with van der Waals surface area (Å²) in [6.07, 6.45) is 3.80. The average Bonchev–Trinajstić information content (AvgIpc) is 1.91. The lowest BCUT2D eigenvalue weighted by molar-refractivity contribution is -0.139. The summed E-state index contributed by atoms with van der Waals surface area (Å²) < 4.78 is 0. The molecule has 70 valence electrons. The molecule has 2 atom stereocenters. The number of hydrogen-bond donors (Lipinski definition) is 1. The highest BCUT2D eigenvalue weighted by Gasteiger charge is 2.54. The first-order valence-electron chi connectivity index (χ1n) is 5.23. The molecule has 1 nitrogen and oxygen atoms in total. The van der Waals surface area contributed by atoms with E-state index in [0.717, 1.165) is 18.3 Å². The standard InChI is InChI=1S/C11H20O/c1-7(2)11-4-9(5-11)8(3)10(12)6-11/h7-10,12H,4-6H2,1-3H3. The van der Waals surface area contributed by atoms with E-state index in [1.807, 2.05) is 0 Å².